The summed E-state index contributed by atoms with van der Waals surface area (Å²) >= 11 is 0. The van der Waals surface area contributed by atoms with Crippen molar-refractivity contribution >= 4 is 11.8 Å². The summed E-state index contributed by atoms with van der Waals surface area (Å²) in [6.45, 7) is 3.35. The zero-order chi connectivity index (χ0) is 15.8. The molecule has 120 valence electrons. The third-order valence-electron chi connectivity index (χ3n) is 3.36. The second kappa shape index (κ2) is 8.38. The van der Waals surface area contributed by atoms with Gasteiger partial charge in [0.15, 0.2) is 6.61 Å². The molecule has 22 heavy (non-hydrogen) atoms. The minimum atomic E-state index is -0.333. The van der Waals surface area contributed by atoms with Crippen molar-refractivity contribution in [2.24, 2.45) is 0 Å². The highest BCUT2D eigenvalue weighted by Gasteiger charge is 2.22. The molecule has 1 saturated heterocycles. The first-order chi connectivity index (χ1) is 10.6. The molecule has 0 saturated carbocycles. The molecule has 2 N–H and O–H groups in total. The first-order valence-corrected chi connectivity index (χ1v) is 7.50. The highest BCUT2D eigenvalue weighted by molar-refractivity contribution is 5.81. The second-order valence-electron chi connectivity index (χ2n) is 5.24. The van der Waals surface area contributed by atoms with Crippen molar-refractivity contribution in [2.45, 2.75) is 25.9 Å². The smallest absolute Gasteiger partial charge is 0.258 e. The van der Waals surface area contributed by atoms with Crippen LogP contribution in [0.1, 0.15) is 18.4 Å². The summed E-state index contributed by atoms with van der Waals surface area (Å²) in [5, 5.41) is 5.43. The number of ether oxygens (including phenoxy) is 2. The van der Waals surface area contributed by atoms with Crippen molar-refractivity contribution in [2.75, 3.05) is 26.3 Å². The van der Waals surface area contributed by atoms with E-state index < -0.39 is 0 Å². The number of aryl methyl sites for hydroxylation is 1. The number of carbonyl (C=O) groups is 2. The van der Waals surface area contributed by atoms with E-state index in [-0.39, 0.29) is 24.5 Å². The van der Waals surface area contributed by atoms with Crippen LogP contribution in [0.5, 0.6) is 5.75 Å². The van der Waals surface area contributed by atoms with Crippen LogP contribution in [0.25, 0.3) is 0 Å². The topological polar surface area (TPSA) is 76.7 Å². The summed E-state index contributed by atoms with van der Waals surface area (Å²) in [6.07, 6.45) is 1.36. The van der Waals surface area contributed by atoms with Gasteiger partial charge in [-0.3, -0.25) is 9.59 Å². The molecule has 1 atom stereocenters. The van der Waals surface area contributed by atoms with Gasteiger partial charge < -0.3 is 20.1 Å². The molecule has 1 unspecified atom stereocenters. The number of carbonyl (C=O) groups excluding carboxylic acids is 2. The van der Waals surface area contributed by atoms with E-state index in [0.29, 0.717) is 25.4 Å². The van der Waals surface area contributed by atoms with E-state index in [0.717, 1.165) is 18.4 Å². The molecule has 0 radical (unpaired) electrons. The van der Waals surface area contributed by atoms with Gasteiger partial charge in [0, 0.05) is 19.7 Å². The van der Waals surface area contributed by atoms with E-state index in [4.69, 9.17) is 9.47 Å². The van der Waals surface area contributed by atoms with Gasteiger partial charge in [-0.2, -0.15) is 0 Å². The maximum absolute atomic E-state index is 11.7. The Morgan fingerprint density at radius 3 is 2.64 bits per heavy atom. The summed E-state index contributed by atoms with van der Waals surface area (Å²) < 4.78 is 10.6. The van der Waals surface area contributed by atoms with Crippen LogP contribution in [0.3, 0.4) is 0 Å². The van der Waals surface area contributed by atoms with Crippen molar-refractivity contribution in [1.29, 1.82) is 0 Å². The molecule has 1 heterocycles. The molecule has 1 fully saturated rings. The van der Waals surface area contributed by atoms with E-state index >= 15 is 0 Å². The number of hydrogen-bond acceptors (Lipinski definition) is 4. The Balaban J connectivity index is 1.55. The average Bonchev–Trinajstić information content (AvgIpc) is 3.05. The van der Waals surface area contributed by atoms with Gasteiger partial charge in [0.2, 0.25) is 5.91 Å². The Kier molecular flexibility index (Phi) is 6.21. The van der Waals surface area contributed by atoms with Gasteiger partial charge in [0.1, 0.15) is 11.9 Å². The lowest BCUT2D eigenvalue weighted by atomic mass is 10.2. The standard InChI is InChI=1S/C16H22N2O4/c1-12-4-6-13(7-5-12)22-11-15(19)17-8-9-18-16(20)14-3-2-10-21-14/h4-7,14H,2-3,8-11H2,1H3,(H,17,19)(H,18,20). The first-order valence-electron chi connectivity index (χ1n) is 7.50. The molecular weight excluding hydrogens is 284 g/mol. The second-order valence-corrected chi connectivity index (χ2v) is 5.24. The third-order valence-corrected chi connectivity index (χ3v) is 3.36. The summed E-state index contributed by atoms with van der Waals surface area (Å²) in [7, 11) is 0. The van der Waals surface area contributed by atoms with Crippen LogP contribution in [0.2, 0.25) is 0 Å². The highest BCUT2D eigenvalue weighted by Crippen LogP contribution is 2.11. The van der Waals surface area contributed by atoms with Gasteiger partial charge in [-0.05, 0) is 31.9 Å². The first kappa shape index (κ1) is 16.3. The Bertz CT molecular complexity index is 495. The summed E-state index contributed by atoms with van der Waals surface area (Å²) in [6, 6.07) is 7.50. The van der Waals surface area contributed by atoms with Crippen LogP contribution >= 0.6 is 0 Å². The van der Waals surface area contributed by atoms with Crippen LogP contribution in [-0.2, 0) is 14.3 Å². The predicted octanol–water partition coefficient (Wildman–Crippen LogP) is 0.785. The molecule has 0 spiro atoms. The molecule has 0 bridgehead atoms. The molecule has 1 aliphatic rings. The Morgan fingerprint density at radius 2 is 1.95 bits per heavy atom. The van der Waals surface area contributed by atoms with Gasteiger partial charge in [-0.1, -0.05) is 17.7 Å². The van der Waals surface area contributed by atoms with E-state index in [9.17, 15) is 9.59 Å². The zero-order valence-electron chi connectivity index (χ0n) is 12.8. The molecule has 6 heteroatoms. The number of benzene rings is 1. The summed E-state index contributed by atoms with van der Waals surface area (Å²) in [5.41, 5.74) is 1.14. The fourth-order valence-corrected chi connectivity index (χ4v) is 2.12. The van der Waals surface area contributed by atoms with Crippen LogP contribution in [0.4, 0.5) is 0 Å². The minimum absolute atomic E-state index is 0.0389. The maximum atomic E-state index is 11.7. The minimum Gasteiger partial charge on any atom is -0.484 e. The average molecular weight is 306 g/mol. The van der Waals surface area contributed by atoms with E-state index in [1.807, 2.05) is 31.2 Å². The van der Waals surface area contributed by atoms with Gasteiger partial charge in [0.05, 0.1) is 0 Å². The number of rotatable bonds is 7. The molecule has 6 nitrogen and oxygen atoms in total. The van der Waals surface area contributed by atoms with Gasteiger partial charge in [0.25, 0.3) is 5.91 Å². The normalized spacial score (nSPS) is 17.0. The largest absolute Gasteiger partial charge is 0.484 e. The van der Waals surface area contributed by atoms with Crippen molar-refractivity contribution in [1.82, 2.24) is 10.6 Å². The highest BCUT2D eigenvalue weighted by atomic mass is 16.5. The molecular formula is C16H22N2O4. The van der Waals surface area contributed by atoms with Crippen molar-refractivity contribution in [3.05, 3.63) is 29.8 Å². The van der Waals surface area contributed by atoms with Crippen LogP contribution in [-0.4, -0.2) is 44.2 Å². The lowest BCUT2D eigenvalue weighted by Crippen LogP contribution is -2.40. The molecule has 1 aromatic carbocycles. The van der Waals surface area contributed by atoms with E-state index in [2.05, 4.69) is 10.6 Å². The molecule has 1 aliphatic heterocycles. The summed E-state index contributed by atoms with van der Waals surface area (Å²) in [5.74, 6) is 0.335. The molecule has 0 aromatic heterocycles. The monoisotopic (exact) mass is 306 g/mol. The fourth-order valence-electron chi connectivity index (χ4n) is 2.12. The Hall–Kier alpha value is -2.08. The van der Waals surface area contributed by atoms with Crippen molar-refractivity contribution < 1.29 is 19.1 Å². The molecule has 0 aliphatic carbocycles. The lowest BCUT2D eigenvalue weighted by Gasteiger charge is -2.11. The molecule has 2 rings (SSSR count). The quantitative estimate of drug-likeness (QED) is 0.730. The van der Waals surface area contributed by atoms with Crippen LogP contribution < -0.4 is 15.4 Å². The Labute approximate surface area is 130 Å². The number of amides is 2. The predicted molar refractivity (Wildman–Crippen MR) is 81.7 cm³/mol. The van der Waals surface area contributed by atoms with Gasteiger partial charge >= 0.3 is 0 Å². The Morgan fingerprint density at radius 1 is 1.23 bits per heavy atom. The number of nitrogens with one attached hydrogen (secondary N) is 2. The molecule has 1 aromatic rings. The maximum Gasteiger partial charge on any atom is 0.258 e. The fraction of sp³-hybridized carbons (Fsp3) is 0.500. The third kappa shape index (κ3) is 5.37. The van der Waals surface area contributed by atoms with Gasteiger partial charge in [-0.25, -0.2) is 0 Å². The van der Waals surface area contributed by atoms with E-state index in [1.165, 1.54) is 0 Å². The van der Waals surface area contributed by atoms with E-state index in [1.54, 1.807) is 0 Å². The summed E-state index contributed by atoms with van der Waals surface area (Å²) in [4.78, 5) is 23.3. The van der Waals surface area contributed by atoms with Crippen LogP contribution in [0, 0.1) is 6.92 Å². The van der Waals surface area contributed by atoms with Gasteiger partial charge in [-0.15, -0.1) is 0 Å². The SMILES string of the molecule is Cc1ccc(OCC(=O)NCCNC(=O)C2CCCO2)cc1. The van der Waals surface area contributed by atoms with Crippen LogP contribution in [0.15, 0.2) is 24.3 Å². The molecule has 2 amide bonds. The zero-order valence-corrected chi connectivity index (χ0v) is 12.8. The lowest BCUT2D eigenvalue weighted by molar-refractivity contribution is -0.130. The van der Waals surface area contributed by atoms with Crippen molar-refractivity contribution in [3.63, 3.8) is 0 Å². The van der Waals surface area contributed by atoms with Crippen molar-refractivity contribution in [3.8, 4) is 5.75 Å². The number of hydrogen-bond donors (Lipinski definition) is 2.